The summed E-state index contributed by atoms with van der Waals surface area (Å²) >= 11 is 4.54. The van der Waals surface area contributed by atoms with Crippen molar-refractivity contribution in [3.8, 4) is 5.75 Å². The molecule has 0 aliphatic heterocycles. The highest BCUT2D eigenvalue weighted by atomic mass is 32.1. The average molecular weight is 299 g/mol. The van der Waals surface area contributed by atoms with Crippen molar-refractivity contribution < 1.29 is 4.74 Å². The number of ether oxygens (including phenoxy) is 1. The minimum Gasteiger partial charge on any atom is -0.485 e. The Morgan fingerprint density at radius 2 is 2.05 bits per heavy atom. The van der Waals surface area contributed by atoms with Crippen LogP contribution in [0.4, 0.5) is 0 Å². The van der Waals surface area contributed by atoms with Gasteiger partial charge in [0.25, 0.3) is 0 Å². The van der Waals surface area contributed by atoms with Gasteiger partial charge in [0.15, 0.2) is 0 Å². The molecule has 3 heteroatoms. The number of rotatable bonds is 7. The normalized spacial score (nSPS) is 13.1. The monoisotopic (exact) mass is 299 g/mol. The summed E-state index contributed by atoms with van der Waals surface area (Å²) in [5, 5.41) is 5.45. The van der Waals surface area contributed by atoms with Crippen LogP contribution in [0.2, 0.25) is 0 Å². The quantitative estimate of drug-likeness (QED) is 0.591. The molecule has 0 aliphatic rings. The van der Waals surface area contributed by atoms with Gasteiger partial charge >= 0.3 is 0 Å². The average Bonchev–Trinajstić information content (AvgIpc) is 2.51. The van der Waals surface area contributed by atoms with Gasteiger partial charge in [-0.15, -0.1) is 12.6 Å². The molecule has 0 saturated heterocycles. The van der Waals surface area contributed by atoms with Gasteiger partial charge in [0.1, 0.15) is 11.9 Å². The van der Waals surface area contributed by atoms with E-state index in [1.165, 1.54) is 5.39 Å². The lowest BCUT2D eigenvalue weighted by Crippen LogP contribution is -2.23. The second-order valence-electron chi connectivity index (χ2n) is 4.80. The zero-order valence-corrected chi connectivity index (χ0v) is 13.1. The molecule has 0 heterocycles. The van der Waals surface area contributed by atoms with E-state index >= 15 is 0 Å². The molecule has 0 saturated carbocycles. The van der Waals surface area contributed by atoms with Gasteiger partial charge in [0, 0.05) is 16.7 Å². The largest absolute Gasteiger partial charge is 0.485 e. The molecule has 0 aliphatic carbocycles. The summed E-state index contributed by atoms with van der Waals surface area (Å²) in [6.45, 7) is 4.59. The lowest BCUT2D eigenvalue weighted by atomic mass is 10.1. The van der Waals surface area contributed by atoms with Crippen LogP contribution in [-0.4, -0.2) is 19.7 Å². The highest BCUT2D eigenvalue weighted by Gasteiger charge is 2.14. The van der Waals surface area contributed by atoms with E-state index in [1.807, 2.05) is 37.4 Å². The molecule has 1 N–H and O–H groups in total. The lowest BCUT2D eigenvalue weighted by Gasteiger charge is -2.20. The number of nitrogens with one attached hydrogen (secondary N) is 1. The third kappa shape index (κ3) is 4.13. The SMILES string of the molecule is C=C/C=C(\S)C(CCNC)Oc1cccc2ccccc12. The van der Waals surface area contributed by atoms with Gasteiger partial charge in [-0.2, -0.15) is 0 Å². The van der Waals surface area contributed by atoms with Gasteiger partial charge in [0.2, 0.25) is 0 Å². The van der Waals surface area contributed by atoms with Crippen molar-refractivity contribution >= 4 is 23.4 Å². The van der Waals surface area contributed by atoms with Crippen LogP contribution < -0.4 is 10.1 Å². The standard InChI is InChI=1S/C18H21NOS/c1-3-7-18(21)17(12-13-19-2)20-16-11-6-9-14-8-4-5-10-15(14)16/h3-11,17,19,21H,1,12-13H2,2H3/b18-7-. The van der Waals surface area contributed by atoms with Gasteiger partial charge in [-0.05, 0) is 31.1 Å². The highest BCUT2D eigenvalue weighted by molar-refractivity contribution is 7.84. The maximum atomic E-state index is 6.21. The van der Waals surface area contributed by atoms with Crippen LogP contribution in [0.3, 0.4) is 0 Å². The van der Waals surface area contributed by atoms with Crippen molar-refractivity contribution in [2.24, 2.45) is 0 Å². The molecular weight excluding hydrogens is 278 g/mol. The Bertz CT molecular complexity index is 631. The topological polar surface area (TPSA) is 21.3 Å². The smallest absolute Gasteiger partial charge is 0.130 e. The second-order valence-corrected chi connectivity index (χ2v) is 5.32. The number of fused-ring (bicyclic) bond motifs is 1. The first kappa shape index (κ1) is 15.7. The molecular formula is C18H21NOS. The number of hydrogen-bond acceptors (Lipinski definition) is 3. The van der Waals surface area contributed by atoms with Gasteiger partial charge in [0.05, 0.1) is 0 Å². The van der Waals surface area contributed by atoms with E-state index in [1.54, 1.807) is 6.08 Å². The zero-order valence-electron chi connectivity index (χ0n) is 12.3. The van der Waals surface area contributed by atoms with Crippen molar-refractivity contribution in [3.05, 3.63) is 66.1 Å². The Morgan fingerprint density at radius 1 is 1.29 bits per heavy atom. The summed E-state index contributed by atoms with van der Waals surface area (Å²) in [5.74, 6) is 0.887. The van der Waals surface area contributed by atoms with Crippen LogP contribution >= 0.6 is 12.6 Å². The van der Waals surface area contributed by atoms with Gasteiger partial charge in [-0.25, -0.2) is 0 Å². The zero-order chi connectivity index (χ0) is 15.1. The molecule has 110 valence electrons. The maximum absolute atomic E-state index is 6.21. The van der Waals surface area contributed by atoms with Crippen LogP contribution in [0.25, 0.3) is 10.8 Å². The minimum absolute atomic E-state index is 0.0791. The van der Waals surface area contributed by atoms with Crippen LogP contribution in [0, 0.1) is 0 Å². The summed E-state index contributed by atoms with van der Waals surface area (Å²) in [5.41, 5.74) is 0. The molecule has 0 fully saturated rings. The fourth-order valence-corrected chi connectivity index (χ4v) is 2.51. The van der Waals surface area contributed by atoms with Gasteiger partial charge in [-0.1, -0.05) is 49.1 Å². The molecule has 0 amide bonds. The van der Waals surface area contributed by atoms with E-state index in [4.69, 9.17) is 4.74 Å². The fourth-order valence-electron chi connectivity index (χ4n) is 2.22. The summed E-state index contributed by atoms with van der Waals surface area (Å²) in [7, 11) is 1.93. The summed E-state index contributed by atoms with van der Waals surface area (Å²) in [6.07, 6.45) is 4.39. The predicted octanol–water partition coefficient (Wildman–Crippen LogP) is 4.20. The summed E-state index contributed by atoms with van der Waals surface area (Å²) < 4.78 is 6.21. The second kappa shape index (κ2) is 7.91. The highest BCUT2D eigenvalue weighted by Crippen LogP contribution is 2.28. The predicted molar refractivity (Wildman–Crippen MR) is 94.2 cm³/mol. The number of benzene rings is 2. The van der Waals surface area contributed by atoms with Gasteiger partial charge in [-0.3, -0.25) is 0 Å². The van der Waals surface area contributed by atoms with E-state index in [2.05, 4.69) is 42.7 Å². The third-order valence-corrected chi connectivity index (χ3v) is 3.73. The Hall–Kier alpha value is -1.71. The van der Waals surface area contributed by atoms with Crippen molar-refractivity contribution in [3.63, 3.8) is 0 Å². The molecule has 0 bridgehead atoms. The van der Waals surface area contributed by atoms with E-state index in [9.17, 15) is 0 Å². The van der Waals surface area contributed by atoms with E-state index < -0.39 is 0 Å². The molecule has 2 aromatic carbocycles. The van der Waals surface area contributed by atoms with Crippen molar-refractivity contribution in [1.29, 1.82) is 0 Å². The molecule has 1 unspecified atom stereocenters. The van der Waals surface area contributed by atoms with Crippen molar-refractivity contribution in [2.45, 2.75) is 12.5 Å². The number of thiol groups is 1. The third-order valence-electron chi connectivity index (χ3n) is 3.29. The minimum atomic E-state index is -0.0791. The Balaban J connectivity index is 2.29. The van der Waals surface area contributed by atoms with Crippen LogP contribution in [0.1, 0.15) is 6.42 Å². The first-order valence-electron chi connectivity index (χ1n) is 7.07. The van der Waals surface area contributed by atoms with Crippen LogP contribution in [0.15, 0.2) is 66.1 Å². The van der Waals surface area contributed by atoms with Crippen molar-refractivity contribution in [1.82, 2.24) is 5.32 Å². The van der Waals surface area contributed by atoms with Crippen LogP contribution in [0.5, 0.6) is 5.75 Å². The maximum Gasteiger partial charge on any atom is 0.130 e. The first-order valence-corrected chi connectivity index (χ1v) is 7.51. The molecule has 2 rings (SSSR count). The lowest BCUT2D eigenvalue weighted by molar-refractivity contribution is 0.238. The van der Waals surface area contributed by atoms with Gasteiger partial charge < -0.3 is 10.1 Å². The molecule has 0 spiro atoms. The first-order chi connectivity index (χ1) is 10.3. The van der Waals surface area contributed by atoms with E-state index in [-0.39, 0.29) is 6.10 Å². The fraction of sp³-hybridized carbons (Fsp3) is 0.222. The van der Waals surface area contributed by atoms with Crippen molar-refractivity contribution in [2.75, 3.05) is 13.6 Å². The summed E-state index contributed by atoms with van der Waals surface area (Å²) in [6, 6.07) is 14.3. The van der Waals surface area contributed by atoms with E-state index in [0.717, 1.165) is 29.0 Å². The molecule has 21 heavy (non-hydrogen) atoms. The number of hydrogen-bond donors (Lipinski definition) is 2. The molecule has 2 aromatic rings. The molecule has 0 radical (unpaired) electrons. The number of allylic oxidation sites excluding steroid dienone is 2. The Labute approximate surface area is 131 Å². The Morgan fingerprint density at radius 3 is 2.81 bits per heavy atom. The van der Waals surface area contributed by atoms with E-state index in [0.29, 0.717) is 0 Å². The van der Waals surface area contributed by atoms with Crippen LogP contribution in [-0.2, 0) is 0 Å². The molecule has 0 aromatic heterocycles. The molecule has 2 nitrogen and oxygen atoms in total. The Kier molecular flexibility index (Phi) is 5.90. The summed E-state index contributed by atoms with van der Waals surface area (Å²) in [4.78, 5) is 0.883. The molecule has 1 atom stereocenters.